The van der Waals surface area contributed by atoms with Crippen molar-refractivity contribution in [2.75, 3.05) is 0 Å². The van der Waals surface area contributed by atoms with Crippen LogP contribution in [-0.2, 0) is 14.3 Å². The van der Waals surface area contributed by atoms with Gasteiger partial charge in [0.05, 0.1) is 5.56 Å². The molecule has 32 heavy (non-hydrogen) atoms. The van der Waals surface area contributed by atoms with Crippen molar-refractivity contribution >= 4 is 11.9 Å². The van der Waals surface area contributed by atoms with E-state index in [1.54, 1.807) is 0 Å². The molecule has 4 aliphatic carbocycles. The molecule has 3 saturated carbocycles. The van der Waals surface area contributed by atoms with Gasteiger partial charge in [-0.25, -0.2) is 4.79 Å². The van der Waals surface area contributed by atoms with Gasteiger partial charge in [0.25, 0.3) is 0 Å². The van der Waals surface area contributed by atoms with Gasteiger partial charge in [-0.1, -0.05) is 43.7 Å². The molecule has 0 unspecified atom stereocenters. The second kappa shape index (κ2) is 8.04. The zero-order chi connectivity index (χ0) is 22.5. The molecular weight excluding hydrogens is 400 g/mol. The average Bonchev–Trinajstić information content (AvgIpc) is 3.10. The van der Waals surface area contributed by atoms with Crippen molar-refractivity contribution in [1.82, 2.24) is 0 Å². The molecule has 7 atom stereocenters. The average molecular weight is 437 g/mol. The van der Waals surface area contributed by atoms with E-state index in [0.29, 0.717) is 23.3 Å². The standard InChI is InChI=1S/C28H36O4/c1-18(29)31-21-13-15-27(2)20(17-21)9-10-22-23-11-12-25(28(23,3)16-14-24(22)27)32-26(30)19-7-5-4-6-8-19/h4-9,21-25H,10-17H2,1-3H3/t21-,22+,23+,24+,25+,27-,28+/m0/s1. The number of fused-ring (bicyclic) bond motifs is 5. The Bertz CT molecular complexity index is 921. The number of ether oxygens (including phenoxy) is 2. The van der Waals surface area contributed by atoms with E-state index >= 15 is 0 Å². The molecule has 172 valence electrons. The summed E-state index contributed by atoms with van der Waals surface area (Å²) in [5.41, 5.74) is 2.46. The normalized spacial score (nSPS) is 40.3. The summed E-state index contributed by atoms with van der Waals surface area (Å²) in [5, 5.41) is 0. The number of carbonyl (C=O) groups is 2. The molecule has 4 aliphatic rings. The van der Waals surface area contributed by atoms with Gasteiger partial charge in [-0.2, -0.15) is 0 Å². The number of carbonyl (C=O) groups excluding carboxylic acids is 2. The van der Waals surface area contributed by atoms with E-state index in [9.17, 15) is 9.59 Å². The smallest absolute Gasteiger partial charge is 0.338 e. The third-order valence-corrected chi connectivity index (χ3v) is 9.56. The molecule has 4 nitrogen and oxygen atoms in total. The Morgan fingerprint density at radius 2 is 1.72 bits per heavy atom. The molecule has 0 saturated heterocycles. The first-order valence-corrected chi connectivity index (χ1v) is 12.4. The number of rotatable bonds is 3. The first-order valence-electron chi connectivity index (χ1n) is 12.4. The molecule has 1 aromatic rings. The summed E-state index contributed by atoms with van der Waals surface area (Å²) in [4.78, 5) is 24.2. The van der Waals surface area contributed by atoms with E-state index in [0.717, 1.165) is 44.9 Å². The molecule has 0 amide bonds. The third kappa shape index (κ3) is 3.50. The van der Waals surface area contributed by atoms with Crippen molar-refractivity contribution < 1.29 is 19.1 Å². The molecule has 3 fully saturated rings. The molecule has 0 radical (unpaired) electrons. The van der Waals surface area contributed by atoms with Crippen molar-refractivity contribution in [3.8, 4) is 0 Å². The lowest BCUT2D eigenvalue weighted by Gasteiger charge is -2.57. The van der Waals surface area contributed by atoms with Crippen LogP contribution in [-0.4, -0.2) is 24.1 Å². The third-order valence-electron chi connectivity index (χ3n) is 9.56. The molecule has 4 heteroatoms. The first kappa shape index (κ1) is 21.7. The van der Waals surface area contributed by atoms with Crippen LogP contribution in [0.25, 0.3) is 0 Å². The quantitative estimate of drug-likeness (QED) is 0.424. The molecule has 0 N–H and O–H groups in total. The van der Waals surface area contributed by atoms with E-state index in [-0.39, 0.29) is 35.0 Å². The van der Waals surface area contributed by atoms with Crippen molar-refractivity contribution in [2.45, 2.75) is 84.3 Å². The van der Waals surface area contributed by atoms with Gasteiger partial charge in [0.1, 0.15) is 12.2 Å². The summed E-state index contributed by atoms with van der Waals surface area (Å²) in [6, 6.07) is 9.40. The lowest BCUT2D eigenvalue weighted by atomic mass is 9.48. The van der Waals surface area contributed by atoms with Crippen LogP contribution in [0.15, 0.2) is 42.0 Å². The van der Waals surface area contributed by atoms with Crippen LogP contribution in [0.1, 0.15) is 82.5 Å². The second-order valence-electron chi connectivity index (χ2n) is 11.1. The fourth-order valence-electron chi connectivity index (χ4n) is 7.88. The van der Waals surface area contributed by atoms with Gasteiger partial charge in [-0.15, -0.1) is 0 Å². The monoisotopic (exact) mass is 436 g/mol. The van der Waals surface area contributed by atoms with E-state index in [2.05, 4.69) is 19.9 Å². The predicted molar refractivity (Wildman–Crippen MR) is 123 cm³/mol. The Kier molecular flexibility index (Phi) is 5.46. The molecule has 0 heterocycles. The topological polar surface area (TPSA) is 52.6 Å². The summed E-state index contributed by atoms with van der Waals surface area (Å²) >= 11 is 0. The van der Waals surface area contributed by atoms with Gasteiger partial charge < -0.3 is 9.47 Å². The lowest BCUT2D eigenvalue weighted by molar-refractivity contribution is -0.148. The Morgan fingerprint density at radius 3 is 2.47 bits per heavy atom. The van der Waals surface area contributed by atoms with Gasteiger partial charge in [0.15, 0.2) is 0 Å². The molecule has 0 spiro atoms. The number of hydrogen-bond donors (Lipinski definition) is 0. The highest BCUT2D eigenvalue weighted by atomic mass is 16.5. The van der Waals surface area contributed by atoms with Crippen molar-refractivity contribution in [2.24, 2.45) is 28.6 Å². The summed E-state index contributed by atoms with van der Waals surface area (Å²) in [6.45, 7) is 6.36. The Balaban J connectivity index is 1.33. The second-order valence-corrected chi connectivity index (χ2v) is 11.1. The maximum absolute atomic E-state index is 12.8. The molecule has 5 rings (SSSR count). The highest BCUT2D eigenvalue weighted by Crippen LogP contribution is 2.65. The van der Waals surface area contributed by atoms with Gasteiger partial charge >= 0.3 is 11.9 Å². The minimum Gasteiger partial charge on any atom is -0.462 e. The molecule has 0 aromatic heterocycles. The van der Waals surface area contributed by atoms with Crippen LogP contribution < -0.4 is 0 Å². The number of esters is 2. The first-order chi connectivity index (χ1) is 15.3. The molecule has 0 aliphatic heterocycles. The lowest BCUT2D eigenvalue weighted by Crippen LogP contribution is -2.51. The van der Waals surface area contributed by atoms with Crippen LogP contribution in [0.2, 0.25) is 0 Å². The molecule has 0 bridgehead atoms. The van der Waals surface area contributed by atoms with E-state index in [4.69, 9.17) is 9.47 Å². The van der Waals surface area contributed by atoms with E-state index in [1.807, 2.05) is 30.3 Å². The van der Waals surface area contributed by atoms with Crippen molar-refractivity contribution in [3.63, 3.8) is 0 Å². The van der Waals surface area contributed by atoms with Crippen LogP contribution in [0.3, 0.4) is 0 Å². The van der Waals surface area contributed by atoms with E-state index < -0.39 is 0 Å². The SMILES string of the molecule is CC(=O)O[C@H]1CC[C@@]2(C)C(=CC[C@@H]3[C@H]4CC[C@@H](OC(=O)c5ccccc5)[C@]4(C)CC[C@H]32)C1. The van der Waals surface area contributed by atoms with Gasteiger partial charge in [-0.3, -0.25) is 4.79 Å². The Labute approximate surface area is 191 Å². The van der Waals surface area contributed by atoms with Gasteiger partial charge in [0, 0.05) is 18.8 Å². The molecule has 1 aromatic carbocycles. The number of allylic oxidation sites excluding steroid dienone is 1. The minimum atomic E-state index is -0.179. The van der Waals surface area contributed by atoms with Gasteiger partial charge in [-0.05, 0) is 80.2 Å². The maximum Gasteiger partial charge on any atom is 0.338 e. The Hall–Kier alpha value is -2.10. The van der Waals surface area contributed by atoms with Crippen LogP contribution in [0.4, 0.5) is 0 Å². The zero-order valence-electron chi connectivity index (χ0n) is 19.6. The van der Waals surface area contributed by atoms with Crippen molar-refractivity contribution in [3.05, 3.63) is 47.5 Å². The molecular formula is C28H36O4. The van der Waals surface area contributed by atoms with Crippen molar-refractivity contribution in [1.29, 1.82) is 0 Å². The fraction of sp³-hybridized carbons (Fsp3) is 0.643. The number of benzene rings is 1. The van der Waals surface area contributed by atoms with Crippen LogP contribution in [0.5, 0.6) is 0 Å². The predicted octanol–water partition coefficient (Wildman–Crippen LogP) is 6.11. The zero-order valence-corrected chi connectivity index (χ0v) is 19.6. The highest BCUT2D eigenvalue weighted by molar-refractivity contribution is 5.89. The maximum atomic E-state index is 12.8. The van der Waals surface area contributed by atoms with Gasteiger partial charge in [0.2, 0.25) is 0 Å². The van der Waals surface area contributed by atoms with Crippen LogP contribution >= 0.6 is 0 Å². The summed E-state index contributed by atoms with van der Waals surface area (Å²) in [5.74, 6) is 1.61. The highest BCUT2D eigenvalue weighted by Gasteiger charge is 2.59. The van der Waals surface area contributed by atoms with Crippen LogP contribution in [0, 0.1) is 28.6 Å². The summed E-state index contributed by atoms with van der Waals surface area (Å²) in [6.07, 6.45) is 11.1. The Morgan fingerprint density at radius 1 is 0.938 bits per heavy atom. The minimum absolute atomic E-state index is 0.0130. The number of hydrogen-bond acceptors (Lipinski definition) is 4. The largest absolute Gasteiger partial charge is 0.462 e. The fourth-order valence-corrected chi connectivity index (χ4v) is 7.88. The summed E-state index contributed by atoms with van der Waals surface area (Å²) in [7, 11) is 0. The summed E-state index contributed by atoms with van der Waals surface area (Å²) < 4.78 is 11.7. The van der Waals surface area contributed by atoms with E-state index in [1.165, 1.54) is 18.9 Å².